The van der Waals surface area contributed by atoms with Crippen molar-refractivity contribution in [2.45, 2.75) is 51.0 Å². The van der Waals surface area contributed by atoms with E-state index in [0.717, 1.165) is 32.2 Å². The average molecular weight is 297 g/mol. The molecule has 2 N–H and O–H groups in total. The molecule has 2 rings (SSSR count). The largest absolute Gasteiger partial charge is 0.313 e. The number of hydrogen-bond donors (Lipinski definition) is 2. The molecule has 0 aromatic heterocycles. The summed E-state index contributed by atoms with van der Waals surface area (Å²) in [6.45, 7) is 1.59. The van der Waals surface area contributed by atoms with E-state index >= 15 is 0 Å². The van der Waals surface area contributed by atoms with E-state index in [4.69, 9.17) is 0 Å². The van der Waals surface area contributed by atoms with Gasteiger partial charge in [-0.25, -0.2) is 13.1 Å². The third-order valence-electron chi connectivity index (χ3n) is 3.89. The second-order valence-corrected chi connectivity index (χ2v) is 7.28. The molecule has 6 heteroatoms. The van der Waals surface area contributed by atoms with Crippen molar-refractivity contribution in [1.29, 1.82) is 0 Å². The third-order valence-corrected chi connectivity index (χ3v) is 5.41. The normalized spacial score (nSPS) is 25.9. The van der Waals surface area contributed by atoms with Crippen molar-refractivity contribution in [3.63, 3.8) is 0 Å². The molecule has 18 heavy (non-hydrogen) atoms. The number of halogens is 1. The van der Waals surface area contributed by atoms with Gasteiger partial charge in [0.05, 0.1) is 5.75 Å². The zero-order chi connectivity index (χ0) is 12.1. The molecule has 4 nitrogen and oxygen atoms in total. The van der Waals surface area contributed by atoms with Crippen LogP contribution >= 0.6 is 12.4 Å². The summed E-state index contributed by atoms with van der Waals surface area (Å²) in [4.78, 5) is 0. The number of rotatable bonds is 5. The summed E-state index contributed by atoms with van der Waals surface area (Å²) in [6, 6.07) is 0.344. The minimum Gasteiger partial charge on any atom is -0.313 e. The Kier molecular flexibility index (Phi) is 6.92. The quantitative estimate of drug-likeness (QED) is 0.811. The van der Waals surface area contributed by atoms with Gasteiger partial charge in [-0.3, -0.25) is 0 Å². The molecule has 1 heterocycles. The Hall–Kier alpha value is 0.160. The molecule has 1 atom stereocenters. The van der Waals surface area contributed by atoms with E-state index in [1.54, 1.807) is 0 Å². The van der Waals surface area contributed by atoms with Crippen molar-refractivity contribution in [3.8, 4) is 0 Å². The maximum atomic E-state index is 11.9. The first kappa shape index (κ1) is 16.2. The topological polar surface area (TPSA) is 58.2 Å². The Morgan fingerprint density at radius 1 is 1.06 bits per heavy atom. The Morgan fingerprint density at radius 2 is 1.78 bits per heavy atom. The van der Waals surface area contributed by atoms with Crippen LogP contribution in [0.25, 0.3) is 0 Å². The molecule has 1 saturated carbocycles. The minimum atomic E-state index is -3.06. The molecule has 0 aromatic rings. The molecule has 1 unspecified atom stereocenters. The van der Waals surface area contributed by atoms with Crippen LogP contribution in [0, 0.1) is 5.92 Å². The Morgan fingerprint density at radius 3 is 2.39 bits per heavy atom. The molecule has 1 aliphatic heterocycles. The van der Waals surface area contributed by atoms with Gasteiger partial charge in [0.2, 0.25) is 10.0 Å². The maximum absolute atomic E-state index is 11.9. The Bertz CT molecular complexity index is 323. The molecule has 2 fully saturated rings. The van der Waals surface area contributed by atoms with Crippen LogP contribution in [-0.4, -0.2) is 33.3 Å². The van der Waals surface area contributed by atoms with E-state index in [1.807, 2.05) is 0 Å². The van der Waals surface area contributed by atoms with Gasteiger partial charge in [0.15, 0.2) is 0 Å². The molecule has 1 aliphatic carbocycles. The Balaban J connectivity index is 0.00000162. The van der Waals surface area contributed by atoms with Crippen LogP contribution in [0.15, 0.2) is 0 Å². The van der Waals surface area contributed by atoms with Crippen molar-refractivity contribution in [2.24, 2.45) is 5.92 Å². The van der Waals surface area contributed by atoms with Gasteiger partial charge >= 0.3 is 0 Å². The van der Waals surface area contributed by atoms with Crippen LogP contribution in [0.3, 0.4) is 0 Å². The smallest absolute Gasteiger partial charge is 0.211 e. The maximum Gasteiger partial charge on any atom is 0.211 e. The van der Waals surface area contributed by atoms with Gasteiger partial charge < -0.3 is 5.32 Å². The Labute approximate surface area is 117 Å². The van der Waals surface area contributed by atoms with Crippen LogP contribution in [-0.2, 0) is 10.0 Å². The van der Waals surface area contributed by atoms with Gasteiger partial charge in [-0.2, -0.15) is 0 Å². The van der Waals surface area contributed by atoms with E-state index in [1.165, 1.54) is 19.3 Å². The zero-order valence-electron chi connectivity index (χ0n) is 10.9. The lowest BCUT2D eigenvalue weighted by atomic mass is 9.91. The molecular formula is C12H25ClN2O2S. The number of sulfonamides is 1. The first-order chi connectivity index (χ1) is 8.16. The van der Waals surface area contributed by atoms with Crippen LogP contribution < -0.4 is 10.0 Å². The second-order valence-electron chi connectivity index (χ2n) is 5.43. The minimum absolute atomic E-state index is 0. The molecule has 2 aliphatic rings. The third kappa shape index (κ3) is 5.43. The summed E-state index contributed by atoms with van der Waals surface area (Å²) in [5.41, 5.74) is 0. The monoisotopic (exact) mass is 296 g/mol. The van der Waals surface area contributed by atoms with Gasteiger partial charge in [-0.05, 0) is 38.1 Å². The SMILES string of the molecule is Cl.O=S(=O)(CC1CCCCC1)NCC1CCCN1. The summed E-state index contributed by atoms with van der Waals surface area (Å²) in [5.74, 6) is 0.720. The fourth-order valence-corrected chi connectivity index (χ4v) is 4.41. The average Bonchev–Trinajstić information content (AvgIpc) is 2.80. The number of nitrogens with one attached hydrogen (secondary N) is 2. The summed E-state index contributed by atoms with van der Waals surface area (Å²) in [5, 5.41) is 3.31. The molecule has 1 saturated heterocycles. The van der Waals surface area contributed by atoms with Gasteiger partial charge in [-0.1, -0.05) is 19.3 Å². The molecular weight excluding hydrogens is 272 g/mol. The van der Waals surface area contributed by atoms with Gasteiger partial charge in [0.25, 0.3) is 0 Å². The van der Waals surface area contributed by atoms with Crippen LogP contribution in [0.5, 0.6) is 0 Å². The van der Waals surface area contributed by atoms with Gasteiger partial charge in [-0.15, -0.1) is 12.4 Å². The lowest BCUT2D eigenvalue weighted by molar-refractivity contribution is 0.383. The first-order valence-corrected chi connectivity index (χ1v) is 8.52. The van der Waals surface area contributed by atoms with E-state index in [-0.39, 0.29) is 12.4 Å². The standard InChI is InChI=1S/C12H24N2O2S.ClH/c15-17(16,10-11-5-2-1-3-6-11)14-9-12-7-4-8-13-12;/h11-14H,1-10H2;1H. The lowest BCUT2D eigenvalue weighted by Gasteiger charge is -2.21. The van der Waals surface area contributed by atoms with Gasteiger partial charge in [0.1, 0.15) is 0 Å². The van der Waals surface area contributed by atoms with E-state index in [0.29, 0.717) is 24.3 Å². The first-order valence-electron chi connectivity index (χ1n) is 6.86. The number of hydrogen-bond acceptors (Lipinski definition) is 3. The summed E-state index contributed by atoms with van der Waals surface area (Å²) in [7, 11) is -3.06. The van der Waals surface area contributed by atoms with E-state index in [2.05, 4.69) is 10.0 Å². The van der Waals surface area contributed by atoms with Crippen LogP contribution in [0.2, 0.25) is 0 Å². The summed E-state index contributed by atoms with van der Waals surface area (Å²) >= 11 is 0. The summed E-state index contributed by atoms with van der Waals surface area (Å²) < 4.78 is 26.6. The van der Waals surface area contributed by atoms with Crippen LogP contribution in [0.1, 0.15) is 44.9 Å². The molecule has 0 radical (unpaired) electrons. The van der Waals surface area contributed by atoms with Crippen molar-refractivity contribution in [1.82, 2.24) is 10.0 Å². The van der Waals surface area contributed by atoms with Crippen molar-refractivity contribution in [3.05, 3.63) is 0 Å². The highest BCUT2D eigenvalue weighted by Crippen LogP contribution is 2.24. The summed E-state index contributed by atoms with van der Waals surface area (Å²) in [6.07, 6.45) is 8.09. The fourth-order valence-electron chi connectivity index (χ4n) is 2.88. The van der Waals surface area contributed by atoms with Crippen molar-refractivity contribution < 1.29 is 8.42 Å². The van der Waals surface area contributed by atoms with Crippen molar-refractivity contribution >= 4 is 22.4 Å². The van der Waals surface area contributed by atoms with Crippen LogP contribution in [0.4, 0.5) is 0 Å². The molecule has 0 aromatic carbocycles. The lowest BCUT2D eigenvalue weighted by Crippen LogP contribution is -2.39. The molecule has 0 spiro atoms. The predicted octanol–water partition coefficient (Wildman–Crippen LogP) is 1.66. The van der Waals surface area contributed by atoms with E-state index < -0.39 is 10.0 Å². The highest BCUT2D eigenvalue weighted by Gasteiger charge is 2.22. The highest BCUT2D eigenvalue weighted by molar-refractivity contribution is 7.89. The van der Waals surface area contributed by atoms with E-state index in [9.17, 15) is 8.42 Å². The molecule has 0 bridgehead atoms. The molecule has 108 valence electrons. The fraction of sp³-hybridized carbons (Fsp3) is 1.00. The van der Waals surface area contributed by atoms with Crippen molar-refractivity contribution in [2.75, 3.05) is 18.8 Å². The zero-order valence-corrected chi connectivity index (χ0v) is 12.5. The highest BCUT2D eigenvalue weighted by atomic mass is 35.5. The molecule has 0 amide bonds. The van der Waals surface area contributed by atoms with Gasteiger partial charge in [0, 0.05) is 12.6 Å². The second kappa shape index (κ2) is 7.68. The predicted molar refractivity (Wildman–Crippen MR) is 76.6 cm³/mol.